The van der Waals surface area contributed by atoms with Gasteiger partial charge >= 0.3 is 0 Å². The molecule has 0 unspecified atom stereocenters. The molecule has 0 bridgehead atoms. The number of carbonyl (C=O) groups excluding carboxylic acids is 1. The van der Waals surface area contributed by atoms with Crippen molar-refractivity contribution in [1.82, 2.24) is 9.88 Å². The van der Waals surface area contributed by atoms with Crippen molar-refractivity contribution >= 4 is 22.9 Å². The molecule has 1 aromatic heterocycles. The van der Waals surface area contributed by atoms with Gasteiger partial charge in [0, 0.05) is 24.2 Å². The molecule has 6 heteroatoms. The fraction of sp³-hybridized carbons (Fsp3) is 0.231. The fourth-order valence-corrected chi connectivity index (χ4v) is 2.06. The first-order valence-electron chi connectivity index (χ1n) is 5.74. The minimum atomic E-state index is -0.101. The van der Waals surface area contributed by atoms with Gasteiger partial charge in [-0.05, 0) is 12.1 Å². The first-order chi connectivity index (χ1) is 9.15. The zero-order valence-electron chi connectivity index (χ0n) is 10.6. The quantitative estimate of drug-likeness (QED) is 0.846. The second-order valence-corrected chi connectivity index (χ2v) is 4.81. The molecule has 0 saturated heterocycles. The average molecular weight is 277 g/mol. The largest absolute Gasteiger partial charge is 0.484 e. The van der Waals surface area contributed by atoms with Crippen LogP contribution in [0.3, 0.4) is 0 Å². The molecule has 19 heavy (non-hydrogen) atoms. The molecule has 100 valence electrons. The van der Waals surface area contributed by atoms with Crippen molar-refractivity contribution < 1.29 is 9.53 Å². The Labute approximate surface area is 115 Å². The van der Waals surface area contributed by atoms with Crippen molar-refractivity contribution in [2.24, 2.45) is 0 Å². The molecule has 2 rings (SSSR count). The van der Waals surface area contributed by atoms with Crippen LogP contribution in [-0.4, -0.2) is 29.4 Å². The van der Waals surface area contributed by atoms with E-state index in [9.17, 15) is 4.79 Å². The number of likely N-dealkylation sites (N-methyl/N-ethyl adjacent to an activating group) is 1. The third-order valence-corrected chi connectivity index (χ3v) is 3.16. The Balaban J connectivity index is 1.84. The van der Waals surface area contributed by atoms with Gasteiger partial charge in [-0.3, -0.25) is 4.79 Å². The number of anilines is 1. The van der Waals surface area contributed by atoms with E-state index in [0.717, 1.165) is 5.69 Å². The van der Waals surface area contributed by atoms with Crippen molar-refractivity contribution in [1.29, 1.82) is 0 Å². The average Bonchev–Trinajstić information content (AvgIpc) is 2.89. The number of carbonyl (C=O) groups is 1. The molecule has 0 aliphatic rings. The Kier molecular flexibility index (Phi) is 4.35. The molecular formula is C13H15N3O2S. The van der Waals surface area contributed by atoms with Crippen molar-refractivity contribution in [3.05, 3.63) is 40.8 Å². The minimum absolute atomic E-state index is 0.00983. The van der Waals surface area contributed by atoms with Crippen LogP contribution in [0.5, 0.6) is 5.75 Å². The van der Waals surface area contributed by atoms with Crippen LogP contribution < -0.4 is 10.5 Å². The van der Waals surface area contributed by atoms with E-state index in [-0.39, 0.29) is 12.5 Å². The lowest BCUT2D eigenvalue weighted by Gasteiger charge is -2.16. The standard InChI is InChI=1S/C13H15N3O2S/c1-16(6-11-8-19-9-15-11)13(17)7-18-12-4-2-3-10(14)5-12/h2-5,8-9H,6-7,14H2,1H3. The summed E-state index contributed by atoms with van der Waals surface area (Å²) < 4.78 is 5.40. The second kappa shape index (κ2) is 6.19. The van der Waals surface area contributed by atoms with Gasteiger partial charge in [-0.2, -0.15) is 0 Å². The number of aromatic nitrogens is 1. The molecule has 0 saturated carbocycles. The number of thiazole rings is 1. The van der Waals surface area contributed by atoms with Gasteiger partial charge in [0.2, 0.25) is 0 Å². The second-order valence-electron chi connectivity index (χ2n) is 4.09. The summed E-state index contributed by atoms with van der Waals surface area (Å²) in [5, 5.41) is 1.92. The molecule has 5 nitrogen and oxygen atoms in total. The Bertz CT molecular complexity index is 543. The summed E-state index contributed by atoms with van der Waals surface area (Å²) in [6.07, 6.45) is 0. The summed E-state index contributed by atoms with van der Waals surface area (Å²) in [5.74, 6) is 0.492. The van der Waals surface area contributed by atoms with Gasteiger partial charge < -0.3 is 15.4 Å². The van der Waals surface area contributed by atoms with Gasteiger partial charge in [0.25, 0.3) is 5.91 Å². The highest BCUT2D eigenvalue weighted by Crippen LogP contribution is 2.14. The maximum absolute atomic E-state index is 11.9. The topological polar surface area (TPSA) is 68.5 Å². The lowest BCUT2D eigenvalue weighted by molar-refractivity contribution is -0.132. The molecule has 0 aliphatic heterocycles. The summed E-state index contributed by atoms with van der Waals surface area (Å²) in [4.78, 5) is 17.6. The van der Waals surface area contributed by atoms with E-state index in [1.54, 1.807) is 41.7 Å². The summed E-state index contributed by atoms with van der Waals surface area (Å²) in [5.41, 5.74) is 8.87. The zero-order valence-corrected chi connectivity index (χ0v) is 11.4. The van der Waals surface area contributed by atoms with Crippen LogP contribution >= 0.6 is 11.3 Å². The first kappa shape index (κ1) is 13.4. The molecule has 0 radical (unpaired) electrons. The monoisotopic (exact) mass is 277 g/mol. The molecule has 1 aromatic carbocycles. The van der Waals surface area contributed by atoms with Crippen LogP contribution in [0.2, 0.25) is 0 Å². The van der Waals surface area contributed by atoms with E-state index in [1.165, 1.54) is 11.3 Å². The highest BCUT2D eigenvalue weighted by atomic mass is 32.1. The molecule has 0 spiro atoms. The smallest absolute Gasteiger partial charge is 0.260 e. The number of nitrogens with zero attached hydrogens (tertiary/aromatic N) is 2. The SMILES string of the molecule is CN(Cc1cscn1)C(=O)COc1cccc(N)c1. The van der Waals surface area contributed by atoms with Crippen molar-refractivity contribution in [3.8, 4) is 5.75 Å². The number of hydrogen-bond acceptors (Lipinski definition) is 5. The van der Waals surface area contributed by atoms with Crippen LogP contribution in [-0.2, 0) is 11.3 Å². The predicted octanol–water partition coefficient (Wildman–Crippen LogP) is 1.76. The lowest BCUT2D eigenvalue weighted by Crippen LogP contribution is -2.31. The number of hydrogen-bond donors (Lipinski definition) is 1. The highest BCUT2D eigenvalue weighted by molar-refractivity contribution is 7.07. The van der Waals surface area contributed by atoms with E-state index >= 15 is 0 Å². The molecule has 1 heterocycles. The summed E-state index contributed by atoms with van der Waals surface area (Å²) in [6.45, 7) is 0.479. The minimum Gasteiger partial charge on any atom is -0.484 e. The fourth-order valence-electron chi connectivity index (χ4n) is 1.51. The van der Waals surface area contributed by atoms with Crippen molar-refractivity contribution in [2.75, 3.05) is 19.4 Å². The van der Waals surface area contributed by atoms with Gasteiger partial charge in [-0.25, -0.2) is 4.98 Å². The van der Waals surface area contributed by atoms with Gasteiger partial charge in [0.1, 0.15) is 5.75 Å². The first-order valence-corrected chi connectivity index (χ1v) is 6.69. The normalized spacial score (nSPS) is 10.2. The van der Waals surface area contributed by atoms with Crippen LogP contribution in [0.4, 0.5) is 5.69 Å². The Morgan fingerprint density at radius 3 is 3.05 bits per heavy atom. The molecule has 2 N–H and O–H groups in total. The van der Waals surface area contributed by atoms with Gasteiger partial charge in [-0.1, -0.05) is 6.07 Å². The zero-order chi connectivity index (χ0) is 13.7. The van der Waals surface area contributed by atoms with E-state index in [1.807, 2.05) is 5.38 Å². The molecular weight excluding hydrogens is 262 g/mol. The van der Waals surface area contributed by atoms with E-state index in [4.69, 9.17) is 10.5 Å². The van der Waals surface area contributed by atoms with E-state index < -0.39 is 0 Å². The van der Waals surface area contributed by atoms with Gasteiger partial charge in [0.05, 0.1) is 17.7 Å². The molecule has 0 atom stereocenters. The predicted molar refractivity (Wildman–Crippen MR) is 74.9 cm³/mol. The Morgan fingerprint density at radius 2 is 2.37 bits per heavy atom. The summed E-state index contributed by atoms with van der Waals surface area (Å²) in [7, 11) is 1.73. The molecule has 2 aromatic rings. The summed E-state index contributed by atoms with van der Waals surface area (Å²) >= 11 is 1.51. The number of amides is 1. The van der Waals surface area contributed by atoms with Crippen molar-refractivity contribution in [3.63, 3.8) is 0 Å². The third kappa shape index (κ3) is 3.96. The Morgan fingerprint density at radius 1 is 1.53 bits per heavy atom. The molecule has 1 amide bonds. The molecule has 0 fully saturated rings. The van der Waals surface area contributed by atoms with Crippen LogP contribution in [0.25, 0.3) is 0 Å². The maximum Gasteiger partial charge on any atom is 0.260 e. The lowest BCUT2D eigenvalue weighted by atomic mass is 10.3. The van der Waals surface area contributed by atoms with E-state index in [2.05, 4.69) is 4.98 Å². The van der Waals surface area contributed by atoms with Gasteiger partial charge in [0.15, 0.2) is 6.61 Å². The maximum atomic E-state index is 11.9. The number of nitrogen functional groups attached to an aromatic ring is 1. The third-order valence-electron chi connectivity index (χ3n) is 2.53. The van der Waals surface area contributed by atoms with Gasteiger partial charge in [-0.15, -0.1) is 11.3 Å². The van der Waals surface area contributed by atoms with Crippen LogP contribution in [0.15, 0.2) is 35.2 Å². The van der Waals surface area contributed by atoms with E-state index in [0.29, 0.717) is 18.0 Å². The molecule has 0 aliphatic carbocycles. The van der Waals surface area contributed by atoms with Crippen molar-refractivity contribution in [2.45, 2.75) is 6.54 Å². The highest BCUT2D eigenvalue weighted by Gasteiger charge is 2.11. The Hall–Kier alpha value is -2.08. The van der Waals surface area contributed by atoms with Crippen LogP contribution in [0.1, 0.15) is 5.69 Å². The number of benzene rings is 1. The number of nitrogens with two attached hydrogens (primary N) is 1. The number of rotatable bonds is 5. The summed E-state index contributed by atoms with van der Waals surface area (Å²) in [6, 6.07) is 7.01. The van der Waals surface area contributed by atoms with Crippen LogP contribution in [0, 0.1) is 0 Å². The number of ether oxygens (including phenoxy) is 1.